The molecule has 0 aliphatic rings. The molecule has 0 aromatic heterocycles. The number of nitrogen functional groups attached to an aromatic ring is 1. The van der Waals surface area contributed by atoms with Crippen LogP contribution in [0.4, 0.5) is 10.5 Å². The van der Waals surface area contributed by atoms with E-state index >= 15 is 0 Å². The van der Waals surface area contributed by atoms with Crippen molar-refractivity contribution in [2.24, 2.45) is 0 Å². The smallest absolute Gasteiger partial charge is 0.328 e. The predicted molar refractivity (Wildman–Crippen MR) is 72.6 cm³/mol. The number of nitrogens with one attached hydrogen (secondary N) is 2. The second kappa shape index (κ2) is 6.05. The maximum absolute atomic E-state index is 11.8. The van der Waals surface area contributed by atoms with Gasteiger partial charge >= 0.3 is 6.03 Å². The lowest BCUT2D eigenvalue weighted by Crippen LogP contribution is -2.39. The van der Waals surface area contributed by atoms with Crippen LogP contribution >= 0.6 is 15.9 Å². The number of amides is 2. The highest BCUT2D eigenvalue weighted by molar-refractivity contribution is 9.10. The molecule has 0 aliphatic heterocycles. The number of carbonyl (C=O) groups is 1. The Kier molecular flexibility index (Phi) is 4.97. The van der Waals surface area contributed by atoms with Crippen molar-refractivity contribution in [3.05, 3.63) is 22.7 Å². The van der Waals surface area contributed by atoms with E-state index in [2.05, 4.69) is 21.2 Å². The van der Waals surface area contributed by atoms with Gasteiger partial charge in [0, 0.05) is 16.7 Å². The summed E-state index contributed by atoms with van der Waals surface area (Å²) in [6, 6.07) is 3.39. The summed E-state index contributed by atoms with van der Waals surface area (Å²) < 4.78 is 26.2. The minimum absolute atomic E-state index is 0.0603. The van der Waals surface area contributed by atoms with Crippen molar-refractivity contribution >= 4 is 37.7 Å². The summed E-state index contributed by atoms with van der Waals surface area (Å²) in [5.41, 5.74) is 5.87. The van der Waals surface area contributed by atoms with Crippen molar-refractivity contribution in [1.29, 1.82) is 0 Å². The molecule has 0 saturated carbocycles. The van der Waals surface area contributed by atoms with Crippen LogP contribution in [0.5, 0.6) is 0 Å². The summed E-state index contributed by atoms with van der Waals surface area (Å²) in [7, 11) is -3.89. The highest BCUT2D eigenvalue weighted by Crippen LogP contribution is 2.22. The van der Waals surface area contributed by atoms with Gasteiger partial charge in [-0.2, -0.15) is 0 Å². The number of halogens is 1. The van der Waals surface area contributed by atoms with Gasteiger partial charge in [-0.3, -0.25) is 0 Å². The van der Waals surface area contributed by atoms with Crippen LogP contribution in [0.15, 0.2) is 27.6 Å². The van der Waals surface area contributed by atoms with Crippen LogP contribution in [-0.2, 0) is 10.0 Å². The van der Waals surface area contributed by atoms with Gasteiger partial charge in [-0.25, -0.2) is 17.9 Å². The van der Waals surface area contributed by atoms with E-state index < -0.39 is 16.1 Å². The van der Waals surface area contributed by atoms with E-state index in [4.69, 9.17) is 5.73 Å². The van der Waals surface area contributed by atoms with E-state index in [1.54, 1.807) is 0 Å². The van der Waals surface area contributed by atoms with Gasteiger partial charge < -0.3 is 11.1 Å². The number of urea groups is 1. The van der Waals surface area contributed by atoms with Gasteiger partial charge in [-0.15, -0.1) is 0 Å². The quantitative estimate of drug-likeness (QED) is 0.724. The van der Waals surface area contributed by atoms with Crippen molar-refractivity contribution in [1.82, 2.24) is 10.0 Å². The molecule has 1 aromatic rings. The Labute approximate surface area is 114 Å². The zero-order valence-corrected chi connectivity index (χ0v) is 12.1. The topological polar surface area (TPSA) is 101 Å². The summed E-state index contributed by atoms with van der Waals surface area (Å²) >= 11 is 3.16. The Hall–Kier alpha value is -1.28. The molecule has 0 atom stereocenters. The zero-order chi connectivity index (χ0) is 13.8. The Morgan fingerprint density at radius 3 is 2.67 bits per heavy atom. The maximum Gasteiger partial charge on any atom is 0.328 e. The highest BCUT2D eigenvalue weighted by atomic mass is 79.9. The number of rotatable bonds is 4. The minimum Gasteiger partial charge on any atom is -0.398 e. The Morgan fingerprint density at radius 1 is 1.44 bits per heavy atom. The molecule has 18 heavy (non-hydrogen) atoms. The number of hydrogen-bond acceptors (Lipinski definition) is 4. The Morgan fingerprint density at radius 2 is 2.11 bits per heavy atom. The van der Waals surface area contributed by atoms with Crippen LogP contribution in [0.2, 0.25) is 0 Å². The number of anilines is 1. The van der Waals surface area contributed by atoms with Crippen LogP contribution in [0.1, 0.15) is 13.3 Å². The molecule has 4 N–H and O–H groups in total. The molecule has 0 unspecified atom stereocenters. The Balaban J connectivity index is 2.86. The summed E-state index contributed by atoms with van der Waals surface area (Å²) in [5.74, 6) is 0. The molecule has 0 bridgehead atoms. The summed E-state index contributed by atoms with van der Waals surface area (Å²) in [4.78, 5) is 11.2. The lowest BCUT2D eigenvalue weighted by atomic mass is 10.3. The molecule has 0 heterocycles. The number of nitrogens with two attached hydrogens (primary N) is 1. The molecular formula is C10H14BrN3O3S. The van der Waals surface area contributed by atoms with E-state index in [-0.39, 0.29) is 10.6 Å². The van der Waals surface area contributed by atoms with Gasteiger partial charge in [0.05, 0.1) is 4.90 Å². The van der Waals surface area contributed by atoms with Crippen LogP contribution in [0.3, 0.4) is 0 Å². The van der Waals surface area contributed by atoms with Crippen LogP contribution in [0, 0.1) is 0 Å². The van der Waals surface area contributed by atoms with Gasteiger partial charge in [-0.1, -0.05) is 6.92 Å². The summed E-state index contributed by atoms with van der Waals surface area (Å²) in [5, 5.41) is 2.41. The van der Waals surface area contributed by atoms with E-state index in [0.29, 0.717) is 11.0 Å². The highest BCUT2D eigenvalue weighted by Gasteiger charge is 2.17. The third kappa shape index (κ3) is 3.88. The predicted octanol–water partition coefficient (Wildman–Crippen LogP) is 1.43. The molecule has 100 valence electrons. The van der Waals surface area contributed by atoms with Gasteiger partial charge in [-0.05, 0) is 40.5 Å². The van der Waals surface area contributed by atoms with Crippen molar-refractivity contribution in [3.63, 3.8) is 0 Å². The van der Waals surface area contributed by atoms with Gasteiger partial charge in [0.1, 0.15) is 0 Å². The third-order valence-electron chi connectivity index (χ3n) is 2.04. The molecule has 6 nitrogen and oxygen atoms in total. The molecule has 2 amide bonds. The van der Waals surface area contributed by atoms with E-state index in [0.717, 1.165) is 6.42 Å². The standard InChI is InChI=1S/C10H14BrN3O3S/c1-2-5-13-10(15)14-18(16,17)7-3-4-8(11)9(12)6-7/h3-4,6H,2,5,12H2,1H3,(H2,13,14,15). The number of sulfonamides is 1. The van der Waals surface area contributed by atoms with Crippen molar-refractivity contribution < 1.29 is 13.2 Å². The number of hydrogen-bond donors (Lipinski definition) is 3. The average Bonchev–Trinajstić information content (AvgIpc) is 2.29. The van der Waals surface area contributed by atoms with Gasteiger partial charge in [0.2, 0.25) is 0 Å². The molecule has 1 aromatic carbocycles. The van der Waals surface area contributed by atoms with Crippen molar-refractivity contribution in [2.45, 2.75) is 18.2 Å². The van der Waals surface area contributed by atoms with Crippen molar-refractivity contribution in [2.75, 3.05) is 12.3 Å². The number of carbonyl (C=O) groups excluding carboxylic acids is 1. The SMILES string of the molecule is CCCNC(=O)NS(=O)(=O)c1ccc(Br)c(N)c1. The fourth-order valence-electron chi connectivity index (χ4n) is 1.14. The van der Waals surface area contributed by atoms with Crippen LogP contribution < -0.4 is 15.8 Å². The van der Waals surface area contributed by atoms with Crippen LogP contribution in [-0.4, -0.2) is 21.0 Å². The normalized spacial score (nSPS) is 11.0. The third-order valence-corrected chi connectivity index (χ3v) is 4.09. The monoisotopic (exact) mass is 335 g/mol. The fourth-order valence-corrected chi connectivity index (χ4v) is 2.35. The Bertz CT molecular complexity index is 545. The first-order chi connectivity index (χ1) is 8.36. The molecule has 0 aliphatic carbocycles. The molecule has 1 rings (SSSR count). The molecule has 0 fully saturated rings. The van der Waals surface area contributed by atoms with E-state index in [1.165, 1.54) is 18.2 Å². The van der Waals surface area contributed by atoms with Gasteiger partial charge in [0.15, 0.2) is 0 Å². The molecule has 0 radical (unpaired) electrons. The van der Waals surface area contributed by atoms with E-state index in [1.807, 2.05) is 11.6 Å². The first-order valence-electron chi connectivity index (χ1n) is 5.22. The first kappa shape index (κ1) is 14.8. The van der Waals surface area contributed by atoms with Crippen molar-refractivity contribution in [3.8, 4) is 0 Å². The van der Waals surface area contributed by atoms with Crippen LogP contribution in [0.25, 0.3) is 0 Å². The number of benzene rings is 1. The lowest BCUT2D eigenvalue weighted by molar-refractivity contribution is 0.246. The second-order valence-electron chi connectivity index (χ2n) is 3.54. The molecule has 0 spiro atoms. The van der Waals surface area contributed by atoms with Gasteiger partial charge in [0.25, 0.3) is 10.0 Å². The molecule has 0 saturated heterocycles. The molecule has 8 heteroatoms. The average molecular weight is 336 g/mol. The summed E-state index contributed by atoms with van der Waals surface area (Å²) in [6.45, 7) is 2.27. The largest absolute Gasteiger partial charge is 0.398 e. The maximum atomic E-state index is 11.8. The summed E-state index contributed by atoms with van der Waals surface area (Å²) in [6.07, 6.45) is 0.721. The zero-order valence-electron chi connectivity index (χ0n) is 9.73. The minimum atomic E-state index is -3.89. The molecular weight excluding hydrogens is 322 g/mol. The fraction of sp³-hybridized carbons (Fsp3) is 0.300. The lowest BCUT2D eigenvalue weighted by Gasteiger charge is -2.08. The first-order valence-corrected chi connectivity index (χ1v) is 7.50. The second-order valence-corrected chi connectivity index (χ2v) is 6.08. The van der Waals surface area contributed by atoms with E-state index in [9.17, 15) is 13.2 Å².